The molecule has 0 spiro atoms. The first-order chi connectivity index (χ1) is 12.5. The molecular weight excluding hydrogens is 338 g/mol. The Labute approximate surface area is 156 Å². The van der Waals surface area contributed by atoms with Crippen molar-refractivity contribution in [2.24, 2.45) is 4.99 Å². The summed E-state index contributed by atoms with van der Waals surface area (Å²) >= 11 is 0. The van der Waals surface area contributed by atoms with Crippen LogP contribution >= 0.6 is 0 Å². The molecule has 0 radical (unpaired) electrons. The van der Waals surface area contributed by atoms with E-state index in [0.717, 1.165) is 34.0 Å². The first kappa shape index (κ1) is 18.0. The van der Waals surface area contributed by atoms with Crippen molar-refractivity contribution in [1.29, 1.82) is 0 Å². The van der Waals surface area contributed by atoms with Crippen LogP contribution in [0.5, 0.6) is 5.75 Å². The van der Waals surface area contributed by atoms with Gasteiger partial charge in [-0.05, 0) is 50.7 Å². The van der Waals surface area contributed by atoms with E-state index in [9.17, 15) is 0 Å². The Balaban J connectivity index is 2.17. The summed E-state index contributed by atoms with van der Waals surface area (Å²) in [7, 11) is -1.25. The highest BCUT2D eigenvalue weighted by atomic mass is 28.3. The van der Waals surface area contributed by atoms with E-state index in [0.29, 0.717) is 5.82 Å². The predicted molar refractivity (Wildman–Crippen MR) is 109 cm³/mol. The van der Waals surface area contributed by atoms with E-state index >= 15 is 0 Å². The quantitative estimate of drug-likeness (QED) is 0.492. The van der Waals surface area contributed by atoms with Crippen molar-refractivity contribution in [1.82, 2.24) is 9.97 Å². The number of hydrogen-bond acceptors (Lipinski definition) is 4. The number of benzene rings is 2. The molecule has 0 bridgehead atoms. The van der Waals surface area contributed by atoms with Crippen LogP contribution < -0.4 is 4.43 Å². The normalized spacial score (nSPS) is 11.7. The molecule has 26 heavy (non-hydrogen) atoms. The van der Waals surface area contributed by atoms with Gasteiger partial charge in [0, 0.05) is 17.5 Å². The zero-order valence-electron chi connectivity index (χ0n) is 15.6. The molecule has 0 amide bonds. The molecule has 5 heteroatoms. The molecule has 0 aliphatic carbocycles. The molecule has 0 N–H and O–H groups in total. The number of aromatic nitrogens is 2. The zero-order valence-corrected chi connectivity index (χ0v) is 16.8. The monoisotopic (exact) mass is 361 g/mol. The summed E-state index contributed by atoms with van der Waals surface area (Å²) < 4.78 is 6.11. The molecule has 3 aromatic rings. The highest BCUT2D eigenvalue weighted by Crippen LogP contribution is 2.30. The van der Waals surface area contributed by atoms with Crippen molar-refractivity contribution in [3.63, 3.8) is 0 Å². The molecule has 0 fully saturated rings. The van der Waals surface area contributed by atoms with E-state index in [1.165, 1.54) is 0 Å². The lowest BCUT2D eigenvalue weighted by molar-refractivity contribution is 0.581. The van der Waals surface area contributed by atoms with Gasteiger partial charge in [0.1, 0.15) is 17.1 Å². The second-order valence-electron chi connectivity index (χ2n) is 6.49. The molecule has 0 aliphatic rings. The molecule has 132 valence electrons. The minimum absolute atomic E-state index is 0.615. The largest absolute Gasteiger partial charge is 0.546 e. The molecular formula is C21H23N3OSi. The first-order valence-electron chi connectivity index (χ1n) is 8.74. The zero-order chi connectivity index (χ0) is 18.5. The maximum Gasteiger partial charge on any atom is 0.229 e. The molecule has 4 nitrogen and oxygen atoms in total. The van der Waals surface area contributed by atoms with Crippen LogP contribution in [0.2, 0.25) is 13.1 Å². The van der Waals surface area contributed by atoms with Crippen LogP contribution in [0.1, 0.15) is 22.6 Å². The maximum atomic E-state index is 6.11. The summed E-state index contributed by atoms with van der Waals surface area (Å²) in [5.74, 6) is 1.44. The Morgan fingerprint density at radius 1 is 1.00 bits per heavy atom. The average molecular weight is 362 g/mol. The molecule has 0 saturated heterocycles. The van der Waals surface area contributed by atoms with E-state index in [-0.39, 0.29) is 0 Å². The summed E-state index contributed by atoms with van der Waals surface area (Å²) in [6.45, 7) is 8.32. The fourth-order valence-corrected chi connectivity index (χ4v) is 3.28. The van der Waals surface area contributed by atoms with E-state index in [1.54, 1.807) is 6.20 Å². The van der Waals surface area contributed by atoms with Gasteiger partial charge < -0.3 is 4.43 Å². The smallest absolute Gasteiger partial charge is 0.229 e. The Hall–Kier alpha value is -2.79. The van der Waals surface area contributed by atoms with Crippen molar-refractivity contribution >= 4 is 20.4 Å². The second kappa shape index (κ2) is 8.06. The van der Waals surface area contributed by atoms with Crippen molar-refractivity contribution in [3.8, 4) is 5.75 Å². The standard InChI is InChI=1S/C21H23N3OSi/c1-15-10-11-18(19(14-15)25-26(3)4)24-20(17-8-6-5-7-9-17)21-22-13-12-16(2)23-21/h5-14,26H,1-4H3. The van der Waals surface area contributed by atoms with Gasteiger partial charge in [0.15, 0.2) is 5.82 Å². The van der Waals surface area contributed by atoms with E-state index < -0.39 is 9.04 Å². The SMILES string of the molecule is Cc1ccc(N=C(c2ccccc2)c2nccc(C)n2)c(O[SiH](C)C)c1. The van der Waals surface area contributed by atoms with E-state index in [1.807, 2.05) is 61.5 Å². The van der Waals surface area contributed by atoms with Crippen molar-refractivity contribution in [2.75, 3.05) is 0 Å². The summed E-state index contributed by atoms with van der Waals surface area (Å²) in [6, 6.07) is 18.0. The molecule has 3 rings (SSSR count). The maximum absolute atomic E-state index is 6.11. The second-order valence-corrected chi connectivity index (χ2v) is 8.82. The van der Waals surface area contributed by atoms with Gasteiger partial charge in [-0.15, -0.1) is 0 Å². The molecule has 1 aromatic heterocycles. The highest BCUT2D eigenvalue weighted by molar-refractivity contribution is 6.49. The van der Waals surface area contributed by atoms with Gasteiger partial charge in [-0.2, -0.15) is 0 Å². The molecule has 1 heterocycles. The van der Waals surface area contributed by atoms with Crippen molar-refractivity contribution in [2.45, 2.75) is 26.9 Å². The third kappa shape index (κ3) is 4.43. The van der Waals surface area contributed by atoms with Gasteiger partial charge in [0.2, 0.25) is 9.04 Å². The molecule has 0 saturated carbocycles. The topological polar surface area (TPSA) is 47.4 Å². The van der Waals surface area contributed by atoms with Gasteiger partial charge >= 0.3 is 0 Å². The van der Waals surface area contributed by atoms with Crippen LogP contribution in [0.3, 0.4) is 0 Å². The van der Waals surface area contributed by atoms with Crippen LogP contribution in [0, 0.1) is 13.8 Å². The molecule has 2 aromatic carbocycles. The highest BCUT2D eigenvalue weighted by Gasteiger charge is 2.13. The number of aliphatic imine (C=N–C) groups is 1. The fraction of sp³-hybridized carbons (Fsp3) is 0.190. The predicted octanol–water partition coefficient (Wildman–Crippen LogP) is 4.62. The van der Waals surface area contributed by atoms with Gasteiger partial charge in [0.05, 0.1) is 0 Å². The van der Waals surface area contributed by atoms with Crippen LogP contribution in [-0.4, -0.2) is 24.7 Å². The lowest BCUT2D eigenvalue weighted by Gasteiger charge is -2.14. The summed E-state index contributed by atoms with van der Waals surface area (Å²) in [5, 5.41) is 0. The Morgan fingerprint density at radius 2 is 1.77 bits per heavy atom. The van der Waals surface area contributed by atoms with E-state index in [4.69, 9.17) is 9.42 Å². The fourth-order valence-electron chi connectivity index (χ4n) is 2.59. The summed E-state index contributed by atoms with van der Waals surface area (Å²) in [4.78, 5) is 13.9. The van der Waals surface area contributed by atoms with Crippen LogP contribution in [-0.2, 0) is 0 Å². The minimum Gasteiger partial charge on any atom is -0.546 e. The lowest BCUT2D eigenvalue weighted by Crippen LogP contribution is -2.12. The third-order valence-corrected chi connectivity index (χ3v) is 4.49. The summed E-state index contributed by atoms with van der Waals surface area (Å²) in [5.41, 5.74) is 4.59. The Kier molecular flexibility index (Phi) is 5.58. The Morgan fingerprint density at radius 3 is 2.46 bits per heavy atom. The minimum atomic E-state index is -1.25. The number of nitrogens with zero attached hydrogens (tertiary/aromatic N) is 3. The number of aryl methyl sites for hydroxylation is 2. The van der Waals surface area contributed by atoms with Gasteiger partial charge in [0.25, 0.3) is 0 Å². The van der Waals surface area contributed by atoms with Gasteiger partial charge in [-0.3, -0.25) is 0 Å². The first-order valence-corrected chi connectivity index (χ1v) is 11.5. The molecule has 0 aliphatic heterocycles. The number of rotatable bonds is 5. The van der Waals surface area contributed by atoms with E-state index in [2.05, 4.69) is 30.0 Å². The molecule has 0 atom stereocenters. The van der Waals surface area contributed by atoms with Gasteiger partial charge in [-0.25, -0.2) is 15.0 Å². The third-order valence-electron chi connectivity index (χ3n) is 3.76. The van der Waals surface area contributed by atoms with Crippen molar-refractivity contribution < 1.29 is 4.43 Å². The van der Waals surface area contributed by atoms with Gasteiger partial charge in [-0.1, -0.05) is 36.4 Å². The average Bonchev–Trinajstić information content (AvgIpc) is 2.61. The lowest BCUT2D eigenvalue weighted by atomic mass is 10.1. The number of hydrogen-bond donors (Lipinski definition) is 0. The Bertz CT molecular complexity index is 924. The van der Waals surface area contributed by atoms with Crippen LogP contribution in [0.15, 0.2) is 65.8 Å². The van der Waals surface area contributed by atoms with Crippen molar-refractivity contribution in [3.05, 3.63) is 83.4 Å². The van der Waals surface area contributed by atoms with Crippen LogP contribution in [0.4, 0.5) is 5.69 Å². The summed E-state index contributed by atoms with van der Waals surface area (Å²) in [6.07, 6.45) is 1.77. The van der Waals surface area contributed by atoms with Crippen LogP contribution in [0.25, 0.3) is 0 Å². The molecule has 0 unspecified atom stereocenters.